The SMILES string of the molecule is CCOC(=O)CN1C(=O)C(=O)N(c2cc(Cl)ccc2Cl)C1=S. The molecular weight excluding hydrogens is 351 g/mol. The second-order valence-electron chi connectivity index (χ2n) is 4.22. The highest BCUT2D eigenvalue weighted by Gasteiger charge is 2.44. The monoisotopic (exact) mass is 360 g/mol. The second-order valence-corrected chi connectivity index (χ2v) is 5.42. The van der Waals surface area contributed by atoms with Crippen LogP contribution >= 0.6 is 35.4 Å². The summed E-state index contributed by atoms with van der Waals surface area (Å²) < 4.78 is 4.75. The van der Waals surface area contributed by atoms with Crippen LogP contribution in [0.3, 0.4) is 0 Å². The number of carbonyl (C=O) groups is 3. The van der Waals surface area contributed by atoms with Crippen LogP contribution in [0.15, 0.2) is 18.2 Å². The number of carbonyl (C=O) groups excluding carboxylic acids is 3. The first-order valence-corrected chi connectivity index (χ1v) is 7.33. The maximum absolute atomic E-state index is 12.1. The summed E-state index contributed by atoms with van der Waals surface area (Å²) in [5.41, 5.74) is 0.184. The Morgan fingerprint density at radius 3 is 2.59 bits per heavy atom. The summed E-state index contributed by atoms with van der Waals surface area (Å²) in [5, 5.41) is 0.379. The number of rotatable bonds is 4. The summed E-state index contributed by atoms with van der Waals surface area (Å²) in [6.45, 7) is 1.35. The first-order chi connectivity index (χ1) is 10.4. The standard InChI is InChI=1S/C13H10Cl2N2O4S/c1-2-21-10(18)6-16-11(19)12(20)17(13(16)22)9-5-7(14)3-4-8(9)15/h3-5H,2,6H2,1H3. The van der Waals surface area contributed by atoms with Gasteiger partial charge in [-0.1, -0.05) is 23.2 Å². The Kier molecular flexibility index (Phi) is 5.00. The summed E-state index contributed by atoms with van der Waals surface area (Å²) in [4.78, 5) is 37.4. The number of esters is 1. The van der Waals surface area contributed by atoms with Crippen LogP contribution in [0.1, 0.15) is 6.92 Å². The van der Waals surface area contributed by atoms with Crippen molar-refractivity contribution in [3.63, 3.8) is 0 Å². The van der Waals surface area contributed by atoms with Gasteiger partial charge in [-0.05, 0) is 37.3 Å². The molecule has 116 valence electrons. The van der Waals surface area contributed by atoms with Gasteiger partial charge < -0.3 is 4.74 Å². The highest BCUT2D eigenvalue weighted by Crippen LogP contribution is 2.32. The summed E-state index contributed by atoms with van der Waals surface area (Å²) in [5.74, 6) is -2.49. The molecule has 0 radical (unpaired) electrons. The minimum absolute atomic E-state index is 0.146. The van der Waals surface area contributed by atoms with Crippen LogP contribution in [0, 0.1) is 0 Å². The molecule has 6 nitrogen and oxygen atoms in total. The fraction of sp³-hybridized carbons (Fsp3) is 0.231. The lowest BCUT2D eigenvalue weighted by Crippen LogP contribution is -2.37. The van der Waals surface area contributed by atoms with E-state index in [1.54, 1.807) is 6.92 Å². The van der Waals surface area contributed by atoms with Crippen molar-refractivity contribution in [2.75, 3.05) is 18.1 Å². The van der Waals surface area contributed by atoms with Crippen LogP contribution < -0.4 is 4.90 Å². The molecule has 0 unspecified atom stereocenters. The molecule has 1 saturated heterocycles. The lowest BCUT2D eigenvalue weighted by atomic mass is 10.3. The largest absolute Gasteiger partial charge is 0.465 e. The molecule has 0 atom stereocenters. The third-order valence-corrected chi connectivity index (χ3v) is 3.75. The fourth-order valence-electron chi connectivity index (χ4n) is 1.85. The lowest BCUT2D eigenvalue weighted by molar-refractivity contribution is -0.147. The maximum Gasteiger partial charge on any atom is 0.326 e. The van der Waals surface area contributed by atoms with Crippen molar-refractivity contribution < 1.29 is 19.1 Å². The number of anilines is 1. The first kappa shape index (κ1) is 16.7. The van der Waals surface area contributed by atoms with Gasteiger partial charge in [0.05, 0.1) is 17.3 Å². The molecule has 0 spiro atoms. The molecule has 1 fully saturated rings. The molecule has 2 rings (SSSR count). The predicted molar refractivity (Wildman–Crippen MR) is 84.9 cm³/mol. The van der Waals surface area contributed by atoms with Gasteiger partial charge >= 0.3 is 17.8 Å². The van der Waals surface area contributed by atoms with Crippen molar-refractivity contribution in [1.29, 1.82) is 0 Å². The molecule has 0 aromatic heterocycles. The Balaban J connectivity index is 2.33. The Labute approximate surface area is 141 Å². The summed E-state index contributed by atoms with van der Waals surface area (Å²) in [7, 11) is 0. The van der Waals surface area contributed by atoms with Gasteiger partial charge in [0.2, 0.25) is 0 Å². The van der Waals surface area contributed by atoms with Crippen LogP contribution in [0.2, 0.25) is 10.0 Å². The maximum atomic E-state index is 12.1. The van der Waals surface area contributed by atoms with E-state index in [-0.39, 0.29) is 22.4 Å². The molecule has 0 N–H and O–H groups in total. The molecule has 1 aliphatic rings. The minimum atomic E-state index is -0.922. The topological polar surface area (TPSA) is 66.9 Å². The molecule has 1 aromatic rings. The molecule has 0 bridgehead atoms. The second kappa shape index (κ2) is 6.60. The lowest BCUT2D eigenvalue weighted by Gasteiger charge is -2.19. The van der Waals surface area contributed by atoms with Crippen molar-refractivity contribution in [2.24, 2.45) is 0 Å². The van der Waals surface area contributed by atoms with Crippen molar-refractivity contribution >= 4 is 64.0 Å². The van der Waals surface area contributed by atoms with Crippen LogP contribution in [-0.2, 0) is 19.1 Å². The average Bonchev–Trinajstić information content (AvgIpc) is 2.66. The number of benzene rings is 1. The molecule has 1 aromatic carbocycles. The Bertz CT molecular complexity index is 680. The van der Waals surface area contributed by atoms with E-state index in [9.17, 15) is 14.4 Å². The van der Waals surface area contributed by atoms with E-state index in [1.165, 1.54) is 18.2 Å². The van der Waals surface area contributed by atoms with Crippen LogP contribution in [0.25, 0.3) is 0 Å². The molecule has 22 heavy (non-hydrogen) atoms. The summed E-state index contributed by atoms with van der Waals surface area (Å²) in [6.07, 6.45) is 0. The van der Waals surface area contributed by atoms with E-state index in [0.717, 1.165) is 9.80 Å². The molecule has 2 amide bonds. The smallest absolute Gasteiger partial charge is 0.326 e. The average molecular weight is 361 g/mol. The van der Waals surface area contributed by atoms with E-state index in [0.29, 0.717) is 5.02 Å². The first-order valence-electron chi connectivity index (χ1n) is 6.17. The van der Waals surface area contributed by atoms with E-state index in [1.807, 2.05) is 0 Å². The molecule has 0 aliphatic carbocycles. The van der Waals surface area contributed by atoms with Crippen molar-refractivity contribution in [2.45, 2.75) is 6.92 Å². The Morgan fingerprint density at radius 1 is 1.27 bits per heavy atom. The van der Waals surface area contributed by atoms with Gasteiger partial charge in [0.25, 0.3) is 0 Å². The number of amides is 2. The highest BCUT2D eigenvalue weighted by molar-refractivity contribution is 7.80. The van der Waals surface area contributed by atoms with E-state index in [4.69, 9.17) is 40.2 Å². The predicted octanol–water partition coefficient (Wildman–Crippen LogP) is 2.02. The number of ether oxygens (including phenoxy) is 1. The van der Waals surface area contributed by atoms with Gasteiger partial charge in [0.1, 0.15) is 6.54 Å². The number of halogens is 2. The number of thiocarbonyl (C=S) groups is 1. The number of hydrogen-bond donors (Lipinski definition) is 0. The van der Waals surface area contributed by atoms with Gasteiger partial charge in [-0.2, -0.15) is 0 Å². The van der Waals surface area contributed by atoms with E-state index < -0.39 is 24.3 Å². The molecule has 1 aliphatic heterocycles. The third kappa shape index (κ3) is 3.06. The van der Waals surface area contributed by atoms with Crippen LogP contribution in [-0.4, -0.2) is 40.9 Å². The Morgan fingerprint density at radius 2 is 1.95 bits per heavy atom. The van der Waals surface area contributed by atoms with Crippen molar-refractivity contribution in [3.8, 4) is 0 Å². The summed E-state index contributed by atoms with van der Waals surface area (Å²) >= 11 is 17.0. The Hall–Kier alpha value is -1.70. The molecule has 1 heterocycles. The molecular formula is C13H10Cl2N2O4S. The minimum Gasteiger partial charge on any atom is -0.465 e. The number of nitrogens with zero attached hydrogens (tertiary/aromatic N) is 2. The zero-order valence-electron chi connectivity index (χ0n) is 11.3. The van der Waals surface area contributed by atoms with Gasteiger partial charge in [0.15, 0.2) is 5.11 Å². The summed E-state index contributed by atoms with van der Waals surface area (Å²) in [6, 6.07) is 4.43. The molecule has 0 saturated carbocycles. The van der Waals surface area contributed by atoms with E-state index in [2.05, 4.69) is 0 Å². The van der Waals surface area contributed by atoms with Gasteiger partial charge in [-0.15, -0.1) is 0 Å². The van der Waals surface area contributed by atoms with Crippen LogP contribution in [0.5, 0.6) is 0 Å². The normalized spacial score (nSPS) is 14.8. The quantitative estimate of drug-likeness (QED) is 0.466. The zero-order chi connectivity index (χ0) is 16.4. The fourth-order valence-corrected chi connectivity index (χ4v) is 2.55. The van der Waals surface area contributed by atoms with Gasteiger partial charge in [0, 0.05) is 5.02 Å². The van der Waals surface area contributed by atoms with Gasteiger partial charge in [-0.25, -0.2) is 4.90 Å². The highest BCUT2D eigenvalue weighted by atomic mass is 35.5. The third-order valence-electron chi connectivity index (χ3n) is 2.80. The molecule has 9 heteroatoms. The number of hydrogen-bond acceptors (Lipinski definition) is 5. The van der Waals surface area contributed by atoms with Crippen LogP contribution in [0.4, 0.5) is 5.69 Å². The van der Waals surface area contributed by atoms with Gasteiger partial charge in [-0.3, -0.25) is 19.3 Å². The van der Waals surface area contributed by atoms with Crippen molar-refractivity contribution in [3.05, 3.63) is 28.2 Å². The van der Waals surface area contributed by atoms with E-state index >= 15 is 0 Å². The van der Waals surface area contributed by atoms with Crippen molar-refractivity contribution in [1.82, 2.24) is 4.90 Å². The zero-order valence-corrected chi connectivity index (χ0v) is 13.7.